The number of hydrogen-bond acceptors (Lipinski definition) is 5. The van der Waals surface area contributed by atoms with Gasteiger partial charge in [0.2, 0.25) is 0 Å². The summed E-state index contributed by atoms with van der Waals surface area (Å²) in [6.45, 7) is 1.12. The van der Waals surface area contributed by atoms with Crippen LogP contribution in [0.15, 0.2) is 33.7 Å². The molecule has 2 aromatic rings. The number of hydrogen-bond donors (Lipinski definition) is 2. The van der Waals surface area contributed by atoms with Crippen molar-refractivity contribution < 1.29 is 14.3 Å². The number of piperidine rings is 1. The van der Waals surface area contributed by atoms with Crippen molar-refractivity contribution in [2.45, 2.75) is 18.8 Å². The fraction of sp³-hybridized carbons (Fsp3) is 0.357. The Kier molecular flexibility index (Phi) is 3.47. The van der Waals surface area contributed by atoms with Gasteiger partial charge in [-0.2, -0.15) is 0 Å². The van der Waals surface area contributed by atoms with Gasteiger partial charge in [-0.25, -0.2) is 9.78 Å². The fourth-order valence-corrected chi connectivity index (χ4v) is 2.58. The van der Waals surface area contributed by atoms with E-state index >= 15 is 0 Å². The molecule has 0 radical (unpaired) electrons. The lowest BCUT2D eigenvalue weighted by molar-refractivity contribution is 0.0673. The quantitative estimate of drug-likeness (QED) is 0.862. The molecule has 0 saturated carbocycles. The summed E-state index contributed by atoms with van der Waals surface area (Å²) in [6.07, 6.45) is 5.09. The van der Waals surface area contributed by atoms with E-state index in [0.29, 0.717) is 19.0 Å². The largest absolute Gasteiger partial charge is 0.508 e. The standard InChI is InChI=1S/C14H15N3O4/c18-10-7-11(21-12(19)8-10)14(20)17-5-1-9(2-6-17)13-15-3-4-16-13/h3-4,7-9,18H,1-2,5-6H2,(H,15,16). The van der Waals surface area contributed by atoms with Gasteiger partial charge < -0.3 is 19.4 Å². The summed E-state index contributed by atoms with van der Waals surface area (Å²) in [5.74, 6) is 0.476. The Balaban J connectivity index is 1.69. The van der Waals surface area contributed by atoms with Crippen LogP contribution in [0.3, 0.4) is 0 Å². The van der Waals surface area contributed by atoms with Gasteiger partial charge in [0.25, 0.3) is 5.91 Å². The number of imidazole rings is 1. The molecule has 2 N–H and O–H groups in total. The van der Waals surface area contributed by atoms with Crippen LogP contribution in [0.4, 0.5) is 0 Å². The van der Waals surface area contributed by atoms with E-state index < -0.39 is 5.63 Å². The second-order valence-electron chi connectivity index (χ2n) is 5.04. The first-order chi connectivity index (χ1) is 10.1. The smallest absolute Gasteiger partial charge is 0.340 e. The Morgan fingerprint density at radius 2 is 2.14 bits per heavy atom. The van der Waals surface area contributed by atoms with E-state index in [-0.39, 0.29) is 17.4 Å². The average molecular weight is 289 g/mol. The summed E-state index contributed by atoms with van der Waals surface area (Å²) in [6, 6.07) is 2.10. The molecule has 0 spiro atoms. The highest BCUT2D eigenvalue weighted by molar-refractivity contribution is 5.91. The Morgan fingerprint density at radius 1 is 1.38 bits per heavy atom. The van der Waals surface area contributed by atoms with Crippen molar-refractivity contribution in [2.75, 3.05) is 13.1 Å². The predicted molar refractivity (Wildman–Crippen MR) is 73.1 cm³/mol. The summed E-state index contributed by atoms with van der Waals surface area (Å²) in [7, 11) is 0. The van der Waals surface area contributed by atoms with Crippen molar-refractivity contribution in [1.29, 1.82) is 0 Å². The SMILES string of the molecule is O=C(c1cc(O)cc(=O)o1)N1CCC(c2ncc[nH]2)CC1. The normalized spacial score (nSPS) is 16.1. The van der Waals surface area contributed by atoms with Crippen LogP contribution in [-0.4, -0.2) is 39.0 Å². The molecule has 110 valence electrons. The number of nitrogens with zero attached hydrogens (tertiary/aromatic N) is 2. The molecular formula is C14H15N3O4. The molecule has 1 aliphatic rings. The van der Waals surface area contributed by atoms with Crippen LogP contribution >= 0.6 is 0 Å². The zero-order chi connectivity index (χ0) is 14.8. The topological polar surface area (TPSA) is 99.4 Å². The molecular weight excluding hydrogens is 274 g/mol. The third kappa shape index (κ3) is 2.81. The number of aromatic hydroxyl groups is 1. The number of rotatable bonds is 2. The molecule has 1 amide bonds. The number of amides is 1. The van der Waals surface area contributed by atoms with Crippen LogP contribution in [0.2, 0.25) is 0 Å². The van der Waals surface area contributed by atoms with Crippen LogP contribution in [0.5, 0.6) is 5.75 Å². The third-order valence-electron chi connectivity index (χ3n) is 3.65. The molecule has 0 unspecified atom stereocenters. The number of nitrogens with one attached hydrogen (secondary N) is 1. The zero-order valence-corrected chi connectivity index (χ0v) is 11.3. The molecule has 3 rings (SSSR count). The lowest BCUT2D eigenvalue weighted by atomic mass is 9.96. The number of aromatic amines is 1. The van der Waals surface area contributed by atoms with E-state index in [1.54, 1.807) is 17.3 Å². The summed E-state index contributed by atoms with van der Waals surface area (Å²) in [5, 5.41) is 9.37. The van der Waals surface area contributed by atoms with E-state index in [2.05, 4.69) is 9.97 Å². The van der Waals surface area contributed by atoms with Gasteiger partial charge in [-0.05, 0) is 12.8 Å². The summed E-state index contributed by atoms with van der Waals surface area (Å²) < 4.78 is 4.85. The minimum Gasteiger partial charge on any atom is -0.508 e. The van der Waals surface area contributed by atoms with Crippen molar-refractivity contribution in [3.8, 4) is 5.75 Å². The Morgan fingerprint density at radius 3 is 2.76 bits per heavy atom. The molecule has 7 heteroatoms. The molecule has 1 fully saturated rings. The maximum atomic E-state index is 12.3. The highest BCUT2D eigenvalue weighted by Gasteiger charge is 2.27. The molecule has 0 aromatic carbocycles. The van der Waals surface area contributed by atoms with E-state index in [9.17, 15) is 14.7 Å². The second-order valence-corrected chi connectivity index (χ2v) is 5.04. The van der Waals surface area contributed by atoms with Gasteiger partial charge >= 0.3 is 5.63 Å². The van der Waals surface area contributed by atoms with Gasteiger partial charge in [0, 0.05) is 37.5 Å². The summed E-state index contributed by atoms with van der Waals surface area (Å²) in [4.78, 5) is 32.4. The first-order valence-corrected chi connectivity index (χ1v) is 6.76. The van der Waals surface area contributed by atoms with E-state index in [0.717, 1.165) is 24.7 Å². The number of carbonyl (C=O) groups excluding carboxylic acids is 1. The van der Waals surface area contributed by atoms with Crippen molar-refractivity contribution in [3.63, 3.8) is 0 Å². The summed E-state index contributed by atoms with van der Waals surface area (Å²) >= 11 is 0. The van der Waals surface area contributed by atoms with Crippen molar-refractivity contribution in [3.05, 3.63) is 46.5 Å². The van der Waals surface area contributed by atoms with Crippen LogP contribution in [-0.2, 0) is 0 Å². The number of likely N-dealkylation sites (tertiary alicyclic amines) is 1. The minimum absolute atomic E-state index is 0.128. The molecule has 0 atom stereocenters. The Labute approximate surface area is 120 Å². The second kappa shape index (κ2) is 5.43. The molecule has 7 nitrogen and oxygen atoms in total. The Bertz CT molecular complexity index is 684. The number of carbonyl (C=O) groups is 1. The van der Waals surface area contributed by atoms with Gasteiger partial charge in [0.05, 0.1) is 6.07 Å². The van der Waals surface area contributed by atoms with Crippen LogP contribution in [0.1, 0.15) is 35.1 Å². The molecule has 0 bridgehead atoms. The van der Waals surface area contributed by atoms with Crippen LogP contribution in [0, 0.1) is 0 Å². The van der Waals surface area contributed by atoms with Gasteiger partial charge in [0.1, 0.15) is 11.6 Å². The van der Waals surface area contributed by atoms with E-state index in [1.807, 2.05) is 0 Å². The van der Waals surface area contributed by atoms with Gasteiger partial charge in [-0.15, -0.1) is 0 Å². The minimum atomic E-state index is -0.733. The van der Waals surface area contributed by atoms with Crippen LogP contribution in [0.25, 0.3) is 0 Å². The number of H-pyrrole nitrogens is 1. The average Bonchev–Trinajstić information content (AvgIpc) is 3.00. The Hall–Kier alpha value is -2.57. The zero-order valence-electron chi connectivity index (χ0n) is 11.3. The van der Waals surface area contributed by atoms with Crippen molar-refractivity contribution in [1.82, 2.24) is 14.9 Å². The van der Waals surface area contributed by atoms with Crippen molar-refractivity contribution in [2.24, 2.45) is 0 Å². The highest BCUT2D eigenvalue weighted by atomic mass is 16.4. The number of aromatic nitrogens is 2. The fourth-order valence-electron chi connectivity index (χ4n) is 2.58. The first-order valence-electron chi connectivity index (χ1n) is 6.76. The molecule has 1 saturated heterocycles. The van der Waals surface area contributed by atoms with Gasteiger partial charge in [-0.1, -0.05) is 0 Å². The lowest BCUT2D eigenvalue weighted by Gasteiger charge is -2.30. The molecule has 0 aliphatic carbocycles. The van der Waals surface area contributed by atoms with Crippen LogP contribution < -0.4 is 5.63 Å². The molecule has 1 aliphatic heterocycles. The predicted octanol–water partition coefficient (Wildman–Crippen LogP) is 1.09. The van der Waals surface area contributed by atoms with Gasteiger partial charge in [0.15, 0.2) is 5.76 Å². The molecule has 21 heavy (non-hydrogen) atoms. The van der Waals surface area contributed by atoms with E-state index in [4.69, 9.17) is 4.42 Å². The summed E-state index contributed by atoms with van der Waals surface area (Å²) in [5.41, 5.74) is -0.733. The maximum absolute atomic E-state index is 12.3. The van der Waals surface area contributed by atoms with E-state index in [1.165, 1.54) is 6.07 Å². The van der Waals surface area contributed by atoms with Crippen molar-refractivity contribution >= 4 is 5.91 Å². The molecule has 3 heterocycles. The third-order valence-corrected chi connectivity index (χ3v) is 3.65. The lowest BCUT2D eigenvalue weighted by Crippen LogP contribution is -2.38. The molecule has 2 aromatic heterocycles. The van der Waals surface area contributed by atoms with Gasteiger partial charge in [-0.3, -0.25) is 4.79 Å². The highest BCUT2D eigenvalue weighted by Crippen LogP contribution is 2.26. The maximum Gasteiger partial charge on any atom is 0.340 e. The monoisotopic (exact) mass is 289 g/mol. The first kappa shape index (κ1) is 13.4.